The highest BCUT2D eigenvalue weighted by molar-refractivity contribution is 8.00. The van der Waals surface area contributed by atoms with Crippen molar-refractivity contribution in [2.45, 2.75) is 5.03 Å². The molecule has 7 nitrogen and oxygen atoms in total. The van der Waals surface area contributed by atoms with Crippen molar-refractivity contribution in [3.05, 3.63) is 88.6 Å². The molecule has 0 amide bonds. The number of rotatable bonds is 7. The van der Waals surface area contributed by atoms with E-state index in [4.69, 9.17) is 21.9 Å². The fourth-order valence-corrected chi connectivity index (χ4v) is 4.60. The van der Waals surface area contributed by atoms with Crippen LogP contribution < -0.4 is 5.73 Å². The van der Waals surface area contributed by atoms with Crippen molar-refractivity contribution in [1.29, 1.82) is 10.5 Å². The van der Waals surface area contributed by atoms with Gasteiger partial charge in [-0.05, 0) is 23.8 Å². The number of ketones is 1. The summed E-state index contributed by atoms with van der Waals surface area (Å²) in [5, 5.41) is 24.4. The Morgan fingerprint density at radius 3 is 2.49 bits per heavy atom. The number of benzene rings is 2. The predicted octanol–water partition coefficient (Wildman–Crippen LogP) is 6.00. The van der Waals surface area contributed by atoms with Crippen LogP contribution in [0.3, 0.4) is 0 Å². The van der Waals surface area contributed by atoms with Crippen LogP contribution in [0.2, 0.25) is 5.02 Å². The van der Waals surface area contributed by atoms with E-state index < -0.39 is 0 Å². The molecule has 2 heterocycles. The number of halogens is 1. The van der Waals surface area contributed by atoms with E-state index >= 15 is 0 Å². The molecule has 0 bridgehead atoms. The summed E-state index contributed by atoms with van der Waals surface area (Å²) in [5.74, 6) is -0.160. The van der Waals surface area contributed by atoms with Crippen LogP contribution in [0, 0.1) is 22.7 Å². The summed E-state index contributed by atoms with van der Waals surface area (Å²) < 4.78 is 5.32. The standard InChI is InChI=1S/C26H16ClN5O2S/c1-2-21-23(24(32-34-21)15-7-4-3-5-8-15)20(33)14-35-26-19(13-29)22(18(12-28)25(30)31-26)16-9-6-10-17(27)11-16/h2-11H,1,14H2,(H2,30,31). The number of carbonyl (C=O) groups excluding carboxylic acids is 1. The number of hydrogen-bond donors (Lipinski definition) is 1. The summed E-state index contributed by atoms with van der Waals surface area (Å²) >= 11 is 7.17. The van der Waals surface area contributed by atoms with Crippen LogP contribution >= 0.6 is 23.4 Å². The number of thioether (sulfide) groups is 1. The third-order valence-electron chi connectivity index (χ3n) is 5.10. The summed E-state index contributed by atoms with van der Waals surface area (Å²) in [7, 11) is 0. The van der Waals surface area contributed by atoms with Crippen LogP contribution in [0.25, 0.3) is 28.5 Å². The molecule has 35 heavy (non-hydrogen) atoms. The Morgan fingerprint density at radius 2 is 1.83 bits per heavy atom. The minimum Gasteiger partial charge on any atom is -0.383 e. The maximum atomic E-state index is 13.3. The average molecular weight is 498 g/mol. The lowest BCUT2D eigenvalue weighted by Crippen LogP contribution is -2.08. The fourth-order valence-electron chi connectivity index (χ4n) is 3.55. The second kappa shape index (κ2) is 10.3. The molecule has 2 N–H and O–H groups in total. The smallest absolute Gasteiger partial charge is 0.179 e. The predicted molar refractivity (Wildman–Crippen MR) is 136 cm³/mol. The number of aromatic nitrogens is 2. The lowest BCUT2D eigenvalue weighted by Gasteiger charge is -2.13. The topological polar surface area (TPSA) is 130 Å². The molecule has 0 spiro atoms. The number of pyridine rings is 1. The minimum absolute atomic E-state index is 0.0434. The molecule has 0 aliphatic heterocycles. The quantitative estimate of drug-likeness (QED) is 0.243. The molecule has 0 unspecified atom stereocenters. The Balaban J connectivity index is 1.74. The van der Waals surface area contributed by atoms with Gasteiger partial charge in [0, 0.05) is 16.1 Å². The highest BCUT2D eigenvalue weighted by atomic mass is 35.5. The van der Waals surface area contributed by atoms with Crippen LogP contribution in [-0.2, 0) is 0 Å². The largest absolute Gasteiger partial charge is 0.383 e. The Labute approximate surface area is 210 Å². The molecule has 9 heteroatoms. The summed E-state index contributed by atoms with van der Waals surface area (Å²) in [6, 6.07) is 20.1. The maximum absolute atomic E-state index is 13.3. The van der Waals surface area contributed by atoms with Gasteiger partial charge < -0.3 is 10.3 Å². The number of hydrogen-bond acceptors (Lipinski definition) is 8. The van der Waals surface area contributed by atoms with Gasteiger partial charge in [0.15, 0.2) is 11.5 Å². The first-order valence-corrected chi connectivity index (χ1v) is 11.6. The lowest BCUT2D eigenvalue weighted by molar-refractivity contribution is 0.102. The van der Waals surface area contributed by atoms with Crippen LogP contribution in [0.1, 0.15) is 27.2 Å². The van der Waals surface area contributed by atoms with Gasteiger partial charge in [0.2, 0.25) is 0 Å². The fraction of sp³-hybridized carbons (Fsp3) is 0.0385. The Hall–Kier alpha value is -4.37. The van der Waals surface area contributed by atoms with E-state index in [1.165, 1.54) is 6.08 Å². The molecule has 0 radical (unpaired) electrons. The minimum atomic E-state index is -0.289. The number of nitrogen functional groups attached to an aromatic ring is 1. The maximum Gasteiger partial charge on any atom is 0.179 e. The van der Waals surface area contributed by atoms with E-state index in [2.05, 4.69) is 22.8 Å². The number of nitrogens with two attached hydrogens (primary N) is 1. The first-order valence-electron chi connectivity index (χ1n) is 10.2. The van der Waals surface area contributed by atoms with Crippen LogP contribution in [0.4, 0.5) is 5.82 Å². The number of nitrogens with zero attached hydrogens (tertiary/aromatic N) is 4. The van der Waals surface area contributed by atoms with Crippen molar-refractivity contribution in [2.75, 3.05) is 11.5 Å². The molecule has 2 aromatic carbocycles. The van der Waals surface area contributed by atoms with Gasteiger partial charge in [-0.1, -0.05) is 77.6 Å². The molecule has 2 aromatic heterocycles. The van der Waals surface area contributed by atoms with Gasteiger partial charge in [-0.25, -0.2) is 4.98 Å². The summed E-state index contributed by atoms with van der Waals surface area (Å²) in [5.41, 5.74) is 8.55. The molecular formula is C26H16ClN5O2S. The van der Waals surface area contributed by atoms with Crippen molar-refractivity contribution in [1.82, 2.24) is 10.1 Å². The van der Waals surface area contributed by atoms with Crippen LogP contribution in [0.5, 0.6) is 0 Å². The molecule has 0 aliphatic carbocycles. The van der Waals surface area contributed by atoms with Crippen molar-refractivity contribution in [3.8, 4) is 34.5 Å². The van der Waals surface area contributed by atoms with Crippen LogP contribution in [0.15, 0.2) is 70.7 Å². The normalized spacial score (nSPS) is 10.4. The SMILES string of the molecule is C=Cc1onc(-c2ccccc2)c1C(=O)CSc1nc(N)c(C#N)c(-c2cccc(Cl)c2)c1C#N. The molecular weight excluding hydrogens is 482 g/mol. The molecule has 4 aromatic rings. The molecule has 0 fully saturated rings. The van der Waals surface area contributed by atoms with Gasteiger partial charge in [0.25, 0.3) is 0 Å². The zero-order valence-electron chi connectivity index (χ0n) is 18.2. The van der Waals surface area contributed by atoms with Crippen molar-refractivity contribution >= 4 is 41.0 Å². The van der Waals surface area contributed by atoms with E-state index in [0.29, 0.717) is 21.8 Å². The van der Waals surface area contributed by atoms with Gasteiger partial charge in [-0.2, -0.15) is 10.5 Å². The van der Waals surface area contributed by atoms with Gasteiger partial charge in [-0.15, -0.1) is 0 Å². The highest BCUT2D eigenvalue weighted by Gasteiger charge is 2.25. The van der Waals surface area contributed by atoms with Crippen molar-refractivity contribution in [3.63, 3.8) is 0 Å². The van der Waals surface area contributed by atoms with E-state index in [-0.39, 0.29) is 44.8 Å². The third kappa shape index (κ3) is 4.67. The Morgan fingerprint density at radius 1 is 1.11 bits per heavy atom. The third-order valence-corrected chi connectivity index (χ3v) is 6.31. The van der Waals surface area contributed by atoms with E-state index in [1.54, 1.807) is 24.3 Å². The van der Waals surface area contributed by atoms with Crippen molar-refractivity contribution in [2.24, 2.45) is 0 Å². The highest BCUT2D eigenvalue weighted by Crippen LogP contribution is 2.37. The summed E-state index contributed by atoms with van der Waals surface area (Å²) in [6.07, 6.45) is 1.42. The molecule has 0 atom stereocenters. The van der Waals surface area contributed by atoms with Gasteiger partial charge in [0.1, 0.15) is 34.2 Å². The zero-order valence-corrected chi connectivity index (χ0v) is 19.7. The molecule has 0 saturated carbocycles. The molecule has 0 saturated heterocycles. The van der Waals surface area contributed by atoms with Gasteiger partial charge in [0.05, 0.1) is 16.9 Å². The molecule has 0 aliphatic rings. The second-order valence-corrected chi connectivity index (χ2v) is 8.61. The lowest BCUT2D eigenvalue weighted by atomic mass is 9.97. The van der Waals surface area contributed by atoms with Crippen LogP contribution in [-0.4, -0.2) is 21.7 Å². The van der Waals surface area contributed by atoms with Gasteiger partial charge in [-0.3, -0.25) is 4.79 Å². The summed E-state index contributed by atoms with van der Waals surface area (Å²) in [4.78, 5) is 17.5. The molecule has 170 valence electrons. The van der Waals surface area contributed by atoms with E-state index in [9.17, 15) is 15.3 Å². The van der Waals surface area contributed by atoms with Gasteiger partial charge >= 0.3 is 0 Å². The number of Topliss-reactive ketones (excluding diaryl/α,β-unsaturated/α-hetero) is 1. The first-order chi connectivity index (χ1) is 17.0. The Kier molecular flexibility index (Phi) is 6.98. The number of nitriles is 2. The first kappa shape index (κ1) is 23.8. The number of carbonyl (C=O) groups is 1. The zero-order chi connectivity index (χ0) is 24.9. The van der Waals surface area contributed by atoms with Crippen molar-refractivity contribution < 1.29 is 9.32 Å². The molecule has 4 rings (SSSR count). The Bertz CT molecular complexity index is 1530. The number of anilines is 1. The monoisotopic (exact) mass is 497 g/mol. The van der Waals surface area contributed by atoms with E-state index in [0.717, 1.165) is 17.3 Å². The second-order valence-electron chi connectivity index (χ2n) is 7.21. The average Bonchev–Trinajstić information content (AvgIpc) is 3.31. The summed E-state index contributed by atoms with van der Waals surface area (Å²) in [6.45, 7) is 3.70. The van der Waals surface area contributed by atoms with E-state index in [1.807, 2.05) is 36.4 Å².